The van der Waals surface area contributed by atoms with Crippen molar-refractivity contribution in [3.05, 3.63) is 98.4 Å². The number of halogens is 1. The van der Waals surface area contributed by atoms with Crippen LogP contribution in [0.25, 0.3) is 5.65 Å². The van der Waals surface area contributed by atoms with Gasteiger partial charge in [-0.1, -0.05) is 6.07 Å². The van der Waals surface area contributed by atoms with Crippen molar-refractivity contribution in [2.75, 3.05) is 5.32 Å². The van der Waals surface area contributed by atoms with E-state index in [-0.39, 0.29) is 23.5 Å². The number of nitrogens with zero attached hydrogens (tertiary/aromatic N) is 2. The Kier molecular flexibility index (Phi) is 5.68. The van der Waals surface area contributed by atoms with Gasteiger partial charge in [-0.25, -0.2) is 9.78 Å². The van der Waals surface area contributed by atoms with Gasteiger partial charge >= 0.3 is 5.97 Å². The van der Waals surface area contributed by atoms with Crippen molar-refractivity contribution >= 4 is 39.1 Å². The van der Waals surface area contributed by atoms with Crippen molar-refractivity contribution in [3.63, 3.8) is 0 Å². The predicted molar refractivity (Wildman–Crippen MR) is 116 cm³/mol. The number of anilines is 1. The molecule has 1 aromatic carbocycles. The van der Waals surface area contributed by atoms with Gasteiger partial charge in [0.15, 0.2) is 5.76 Å². The molecule has 0 unspecified atom stereocenters. The van der Waals surface area contributed by atoms with E-state index in [1.807, 2.05) is 0 Å². The number of fused-ring (bicyclic) bond motifs is 1. The molecule has 1 N–H and O–H groups in total. The number of carbonyl (C=O) groups excluding carboxylic acids is 2. The third kappa shape index (κ3) is 4.56. The van der Waals surface area contributed by atoms with Crippen LogP contribution in [0.3, 0.4) is 0 Å². The topological polar surface area (TPSA) is 103 Å². The molecule has 0 bridgehead atoms. The lowest BCUT2D eigenvalue weighted by atomic mass is 10.1. The normalized spacial score (nSPS) is 10.8. The van der Waals surface area contributed by atoms with Crippen molar-refractivity contribution < 1.29 is 18.7 Å². The fourth-order valence-electron chi connectivity index (χ4n) is 2.90. The predicted octanol–water partition coefficient (Wildman–Crippen LogP) is 3.97. The second-order valence-electron chi connectivity index (χ2n) is 6.70. The van der Waals surface area contributed by atoms with Gasteiger partial charge in [0.2, 0.25) is 0 Å². The monoisotopic (exact) mass is 481 g/mol. The summed E-state index contributed by atoms with van der Waals surface area (Å²) in [6.07, 6.45) is 3.02. The highest BCUT2D eigenvalue weighted by molar-refractivity contribution is 9.10. The van der Waals surface area contributed by atoms with Crippen molar-refractivity contribution in [1.29, 1.82) is 0 Å². The summed E-state index contributed by atoms with van der Waals surface area (Å²) >= 11 is 3.31. The Morgan fingerprint density at radius 3 is 2.81 bits per heavy atom. The van der Waals surface area contributed by atoms with Gasteiger partial charge in [0, 0.05) is 22.4 Å². The van der Waals surface area contributed by atoms with E-state index in [0.29, 0.717) is 17.0 Å². The summed E-state index contributed by atoms with van der Waals surface area (Å²) in [4.78, 5) is 41.3. The average Bonchev–Trinajstić information content (AvgIpc) is 3.29. The third-order valence-electron chi connectivity index (χ3n) is 4.49. The van der Waals surface area contributed by atoms with Crippen molar-refractivity contribution in [1.82, 2.24) is 9.38 Å². The highest BCUT2D eigenvalue weighted by Gasteiger charge is 2.14. The lowest BCUT2D eigenvalue weighted by Gasteiger charge is -2.10. The number of aryl methyl sites for hydroxylation is 1. The van der Waals surface area contributed by atoms with Crippen LogP contribution < -0.4 is 10.9 Å². The van der Waals surface area contributed by atoms with Crippen LogP contribution in [-0.4, -0.2) is 21.3 Å². The first kappa shape index (κ1) is 20.5. The van der Waals surface area contributed by atoms with Crippen molar-refractivity contribution in [2.24, 2.45) is 0 Å². The van der Waals surface area contributed by atoms with E-state index >= 15 is 0 Å². The summed E-state index contributed by atoms with van der Waals surface area (Å²) in [6, 6.07) is 12.7. The third-order valence-corrected chi connectivity index (χ3v) is 4.96. The molecule has 0 aliphatic carbocycles. The molecular formula is C22H16BrN3O5. The van der Waals surface area contributed by atoms with E-state index < -0.39 is 11.9 Å². The van der Waals surface area contributed by atoms with E-state index in [9.17, 15) is 14.4 Å². The molecule has 156 valence electrons. The number of amides is 1. The fourth-order valence-corrected chi connectivity index (χ4v) is 3.24. The Morgan fingerprint density at radius 2 is 2.03 bits per heavy atom. The molecule has 4 rings (SSSR count). The summed E-state index contributed by atoms with van der Waals surface area (Å²) in [5.41, 5.74) is 1.98. The molecule has 4 aromatic rings. The molecule has 0 aliphatic heterocycles. The van der Waals surface area contributed by atoms with Gasteiger partial charge in [0.05, 0.1) is 17.5 Å². The van der Waals surface area contributed by atoms with Crippen LogP contribution in [0.2, 0.25) is 0 Å². The Labute approximate surface area is 184 Å². The van der Waals surface area contributed by atoms with Crippen LogP contribution in [0.4, 0.5) is 5.69 Å². The van der Waals surface area contributed by atoms with Crippen molar-refractivity contribution in [3.8, 4) is 0 Å². The zero-order chi connectivity index (χ0) is 22.0. The number of hydrogen-bond acceptors (Lipinski definition) is 6. The molecule has 0 fully saturated rings. The van der Waals surface area contributed by atoms with Gasteiger partial charge in [-0.2, -0.15) is 0 Å². The van der Waals surface area contributed by atoms with Gasteiger partial charge in [-0.05, 0) is 64.8 Å². The second kappa shape index (κ2) is 8.57. The maximum absolute atomic E-state index is 12.5. The number of rotatable bonds is 5. The Hall–Kier alpha value is -3.72. The van der Waals surface area contributed by atoms with Crippen LogP contribution >= 0.6 is 15.9 Å². The highest BCUT2D eigenvalue weighted by Crippen LogP contribution is 2.19. The van der Waals surface area contributed by atoms with E-state index in [1.165, 1.54) is 22.8 Å². The summed E-state index contributed by atoms with van der Waals surface area (Å²) in [5, 5.41) is 2.71. The molecule has 0 saturated carbocycles. The smallest absolute Gasteiger partial charge is 0.338 e. The van der Waals surface area contributed by atoms with Crippen LogP contribution in [0.5, 0.6) is 0 Å². The molecule has 0 radical (unpaired) electrons. The standard InChI is InChI=1S/C22H16BrN3O5/c1-13-4-5-14(9-17(13)25-21(28)18-3-2-8-30-18)22(29)31-12-16-10-20(27)26-11-15(23)6-7-19(26)24-16/h2-11H,12H2,1H3,(H,25,28). The number of carbonyl (C=O) groups is 2. The molecule has 1 amide bonds. The number of ether oxygens (including phenoxy) is 1. The first-order chi connectivity index (χ1) is 14.9. The number of nitrogens with one attached hydrogen (secondary N) is 1. The Morgan fingerprint density at radius 1 is 1.19 bits per heavy atom. The minimum Gasteiger partial charge on any atom is -0.459 e. The quantitative estimate of drug-likeness (QED) is 0.432. The molecule has 31 heavy (non-hydrogen) atoms. The minimum atomic E-state index is -0.605. The molecule has 0 aliphatic rings. The molecule has 8 nitrogen and oxygen atoms in total. The van der Waals surface area contributed by atoms with E-state index in [4.69, 9.17) is 9.15 Å². The molecule has 9 heteroatoms. The van der Waals surface area contributed by atoms with Crippen LogP contribution in [0, 0.1) is 6.92 Å². The van der Waals surface area contributed by atoms with Gasteiger partial charge in [0.1, 0.15) is 12.3 Å². The first-order valence-electron chi connectivity index (χ1n) is 9.21. The number of furan rings is 1. The molecule has 3 heterocycles. The minimum absolute atomic E-state index is 0.160. The number of hydrogen-bond donors (Lipinski definition) is 1. The lowest BCUT2D eigenvalue weighted by Crippen LogP contribution is -2.17. The molecular weight excluding hydrogens is 466 g/mol. The van der Waals surface area contributed by atoms with Gasteiger partial charge in [-0.3, -0.25) is 14.0 Å². The molecule has 0 saturated heterocycles. The van der Waals surface area contributed by atoms with Crippen molar-refractivity contribution in [2.45, 2.75) is 13.5 Å². The summed E-state index contributed by atoms with van der Waals surface area (Å²) in [7, 11) is 0. The Balaban J connectivity index is 1.49. The number of aromatic nitrogens is 2. The molecule has 0 spiro atoms. The summed E-state index contributed by atoms with van der Waals surface area (Å²) in [6.45, 7) is 1.64. The van der Waals surface area contributed by atoms with Gasteiger partial charge in [0.25, 0.3) is 11.5 Å². The number of benzene rings is 1. The van der Waals surface area contributed by atoms with Crippen LogP contribution in [0.1, 0.15) is 32.2 Å². The van der Waals surface area contributed by atoms with Crippen LogP contribution in [0.15, 0.2) is 74.7 Å². The largest absolute Gasteiger partial charge is 0.459 e. The summed E-state index contributed by atoms with van der Waals surface area (Å²) in [5.74, 6) is -0.870. The van der Waals surface area contributed by atoms with E-state index in [1.54, 1.807) is 49.5 Å². The first-order valence-corrected chi connectivity index (χ1v) is 10.0. The lowest BCUT2D eigenvalue weighted by molar-refractivity contribution is 0.0467. The van der Waals surface area contributed by atoms with Crippen LogP contribution in [-0.2, 0) is 11.3 Å². The molecule has 3 aromatic heterocycles. The zero-order valence-electron chi connectivity index (χ0n) is 16.3. The van der Waals surface area contributed by atoms with E-state index in [2.05, 4.69) is 26.2 Å². The average molecular weight is 482 g/mol. The number of pyridine rings is 1. The molecule has 0 atom stereocenters. The maximum Gasteiger partial charge on any atom is 0.338 e. The highest BCUT2D eigenvalue weighted by atomic mass is 79.9. The summed E-state index contributed by atoms with van der Waals surface area (Å²) < 4.78 is 12.5. The SMILES string of the molecule is Cc1ccc(C(=O)OCc2cc(=O)n3cc(Br)ccc3n2)cc1NC(=O)c1ccco1. The second-order valence-corrected chi connectivity index (χ2v) is 7.61. The Bertz CT molecular complexity index is 1350. The fraction of sp³-hybridized carbons (Fsp3) is 0.0909. The van der Waals surface area contributed by atoms with Gasteiger partial charge in [-0.15, -0.1) is 0 Å². The maximum atomic E-state index is 12.5. The van der Waals surface area contributed by atoms with E-state index in [0.717, 1.165) is 10.0 Å². The zero-order valence-corrected chi connectivity index (χ0v) is 17.9. The number of esters is 1. The van der Waals surface area contributed by atoms with Gasteiger partial charge < -0.3 is 14.5 Å².